The third-order valence-corrected chi connectivity index (χ3v) is 4.56. The van der Waals surface area contributed by atoms with Gasteiger partial charge in [-0.15, -0.1) is 11.3 Å². The number of aromatic nitrogens is 2. The van der Waals surface area contributed by atoms with Crippen molar-refractivity contribution >= 4 is 50.9 Å². The molecule has 3 N–H and O–H groups in total. The van der Waals surface area contributed by atoms with E-state index in [4.69, 9.17) is 10.2 Å². The van der Waals surface area contributed by atoms with Crippen LogP contribution in [0.5, 0.6) is 0 Å². The first kappa shape index (κ1) is 12.9. The molecule has 0 aliphatic heterocycles. The zero-order valence-electron chi connectivity index (χ0n) is 10.2. The van der Waals surface area contributed by atoms with Crippen LogP contribution in [-0.2, 0) is 4.79 Å². The van der Waals surface area contributed by atoms with Crippen molar-refractivity contribution in [1.82, 2.24) is 9.97 Å². The summed E-state index contributed by atoms with van der Waals surface area (Å²) in [6.45, 7) is 0. The summed E-state index contributed by atoms with van der Waals surface area (Å²) in [5.74, 6) is 0.0636. The minimum absolute atomic E-state index is 0.184. The van der Waals surface area contributed by atoms with E-state index in [0.29, 0.717) is 5.69 Å². The molecular weight excluding hydrogens is 296 g/mol. The second-order valence-electron chi connectivity index (χ2n) is 3.88. The number of nitrogen functional groups attached to an aromatic ring is 1. The van der Waals surface area contributed by atoms with E-state index in [2.05, 4.69) is 15.3 Å². The zero-order chi connectivity index (χ0) is 13.9. The van der Waals surface area contributed by atoms with Crippen molar-refractivity contribution in [3.63, 3.8) is 0 Å². The van der Waals surface area contributed by atoms with E-state index in [0.717, 1.165) is 14.6 Å². The number of benzene rings is 1. The fourth-order valence-corrected chi connectivity index (χ4v) is 3.47. The maximum atomic E-state index is 11.7. The van der Waals surface area contributed by atoms with E-state index in [1.54, 1.807) is 0 Å². The van der Waals surface area contributed by atoms with Crippen LogP contribution >= 0.6 is 23.1 Å². The average molecular weight is 306 g/mol. The van der Waals surface area contributed by atoms with Crippen molar-refractivity contribution in [3.05, 3.63) is 30.7 Å². The number of thioether (sulfide) groups is 1. The van der Waals surface area contributed by atoms with E-state index in [-0.39, 0.29) is 17.7 Å². The number of carbonyl (C=O) groups is 1. The van der Waals surface area contributed by atoms with Crippen LogP contribution in [0.1, 0.15) is 0 Å². The first-order valence-electron chi connectivity index (χ1n) is 5.69. The van der Waals surface area contributed by atoms with Gasteiger partial charge in [0, 0.05) is 5.69 Å². The third kappa shape index (κ3) is 2.91. The number of nitrogens with two attached hydrogens (primary N) is 1. The molecule has 0 atom stereocenters. The van der Waals surface area contributed by atoms with Crippen molar-refractivity contribution in [2.75, 3.05) is 16.8 Å². The fraction of sp³-hybridized carbons (Fsp3) is 0.0833. The zero-order valence-corrected chi connectivity index (χ0v) is 11.8. The lowest BCUT2D eigenvalue weighted by Crippen LogP contribution is -2.14. The van der Waals surface area contributed by atoms with Crippen LogP contribution < -0.4 is 11.1 Å². The predicted molar refractivity (Wildman–Crippen MR) is 79.9 cm³/mol. The Morgan fingerprint density at radius 2 is 2.40 bits per heavy atom. The van der Waals surface area contributed by atoms with Gasteiger partial charge in [0.2, 0.25) is 5.91 Å². The van der Waals surface area contributed by atoms with Crippen molar-refractivity contribution in [3.8, 4) is 0 Å². The molecule has 0 saturated carbocycles. The number of nitrogens with zero attached hydrogens (tertiary/aromatic N) is 2. The Balaban J connectivity index is 1.63. The number of carbonyl (C=O) groups excluding carboxylic acids is 1. The molecule has 8 heteroatoms. The van der Waals surface area contributed by atoms with Crippen LogP contribution in [0.15, 0.2) is 39.4 Å². The molecule has 1 amide bonds. The van der Waals surface area contributed by atoms with Crippen LogP contribution in [-0.4, -0.2) is 21.6 Å². The Bertz CT molecular complexity index is 739. The number of hydrogen-bond donors (Lipinski definition) is 2. The van der Waals surface area contributed by atoms with Gasteiger partial charge in [-0.1, -0.05) is 11.8 Å². The summed E-state index contributed by atoms with van der Waals surface area (Å²) in [6, 6.07) is 5.76. The molecule has 20 heavy (non-hydrogen) atoms. The summed E-state index contributed by atoms with van der Waals surface area (Å²) in [7, 11) is 0. The quantitative estimate of drug-likeness (QED) is 0.568. The maximum Gasteiger partial charge on any atom is 0.301 e. The van der Waals surface area contributed by atoms with Crippen molar-refractivity contribution in [1.29, 1.82) is 0 Å². The summed E-state index contributed by atoms with van der Waals surface area (Å²) < 4.78 is 6.78. The lowest BCUT2D eigenvalue weighted by atomic mass is 10.3. The molecule has 0 spiro atoms. The van der Waals surface area contributed by atoms with Crippen LogP contribution in [0.25, 0.3) is 10.2 Å². The first-order valence-corrected chi connectivity index (χ1v) is 7.49. The molecule has 0 bridgehead atoms. The van der Waals surface area contributed by atoms with Crippen molar-refractivity contribution in [2.45, 2.75) is 4.34 Å². The van der Waals surface area contributed by atoms with Gasteiger partial charge in [0.25, 0.3) is 0 Å². The van der Waals surface area contributed by atoms with Crippen molar-refractivity contribution < 1.29 is 9.21 Å². The fourth-order valence-electron chi connectivity index (χ4n) is 1.55. The van der Waals surface area contributed by atoms with Gasteiger partial charge in [-0.2, -0.15) is 0 Å². The molecule has 0 unspecified atom stereocenters. The lowest BCUT2D eigenvalue weighted by molar-refractivity contribution is -0.113. The Kier molecular flexibility index (Phi) is 3.57. The van der Waals surface area contributed by atoms with Gasteiger partial charge in [0.15, 0.2) is 4.34 Å². The number of hydrogen-bond acceptors (Lipinski definition) is 7. The van der Waals surface area contributed by atoms with Gasteiger partial charge in [0.05, 0.1) is 22.2 Å². The van der Waals surface area contributed by atoms with Crippen LogP contribution in [0.2, 0.25) is 0 Å². The molecule has 6 nitrogen and oxygen atoms in total. The molecule has 0 fully saturated rings. The largest absolute Gasteiger partial charge is 0.432 e. The maximum absolute atomic E-state index is 11.7. The monoisotopic (exact) mass is 306 g/mol. The second kappa shape index (κ2) is 5.51. The first-order chi connectivity index (χ1) is 9.70. The second-order valence-corrected chi connectivity index (χ2v) is 6.13. The number of nitrogens with one attached hydrogen (secondary N) is 1. The van der Waals surface area contributed by atoms with Gasteiger partial charge in [-0.3, -0.25) is 10.1 Å². The molecular formula is C12H10N4O2S2. The average Bonchev–Trinajstić information content (AvgIpc) is 3.04. The Morgan fingerprint density at radius 1 is 1.50 bits per heavy atom. The van der Waals surface area contributed by atoms with Crippen LogP contribution in [0.3, 0.4) is 0 Å². The Labute approximate surface area is 122 Å². The molecule has 0 radical (unpaired) electrons. The number of anilines is 2. The van der Waals surface area contributed by atoms with Crippen LogP contribution in [0.4, 0.5) is 11.7 Å². The van der Waals surface area contributed by atoms with Gasteiger partial charge >= 0.3 is 6.01 Å². The van der Waals surface area contributed by atoms with E-state index in [9.17, 15) is 4.79 Å². The van der Waals surface area contributed by atoms with E-state index >= 15 is 0 Å². The summed E-state index contributed by atoms with van der Waals surface area (Å²) in [5, 5.41) is 2.55. The van der Waals surface area contributed by atoms with Crippen molar-refractivity contribution in [2.24, 2.45) is 0 Å². The summed E-state index contributed by atoms with van der Waals surface area (Å²) in [6.07, 6.45) is 2.88. The molecule has 3 rings (SSSR count). The minimum atomic E-state index is -0.184. The molecule has 0 aliphatic rings. The smallest absolute Gasteiger partial charge is 0.301 e. The highest BCUT2D eigenvalue weighted by Crippen LogP contribution is 2.30. The predicted octanol–water partition coefficient (Wildman–Crippen LogP) is 2.60. The molecule has 0 aliphatic carbocycles. The number of oxazole rings is 1. The highest BCUT2D eigenvalue weighted by atomic mass is 32.2. The van der Waals surface area contributed by atoms with Gasteiger partial charge in [0.1, 0.15) is 6.26 Å². The summed E-state index contributed by atoms with van der Waals surface area (Å²) >= 11 is 2.88. The number of fused-ring (bicyclic) bond motifs is 1. The molecule has 0 saturated heterocycles. The molecule has 1 aromatic carbocycles. The number of thiazole rings is 1. The molecule has 102 valence electrons. The SMILES string of the molecule is Nc1ccc2nc(SCC(=O)Nc3ncco3)sc2c1. The van der Waals surface area contributed by atoms with Gasteiger partial charge in [-0.05, 0) is 18.2 Å². The standard InChI is InChI=1S/C12H10N4O2S2/c13-7-1-2-8-9(5-7)20-12(15-8)19-6-10(17)16-11-14-3-4-18-11/h1-5H,6,13H2,(H,14,16,17). The van der Waals surface area contributed by atoms with E-state index < -0.39 is 0 Å². The Morgan fingerprint density at radius 3 is 3.20 bits per heavy atom. The molecule has 2 aromatic heterocycles. The third-order valence-electron chi connectivity index (χ3n) is 2.40. The van der Waals surface area contributed by atoms with Gasteiger partial charge < -0.3 is 10.2 Å². The number of amides is 1. The van der Waals surface area contributed by atoms with Crippen LogP contribution in [0, 0.1) is 0 Å². The van der Waals surface area contributed by atoms with E-state index in [1.165, 1.54) is 35.6 Å². The highest BCUT2D eigenvalue weighted by Gasteiger charge is 2.09. The highest BCUT2D eigenvalue weighted by molar-refractivity contribution is 8.01. The van der Waals surface area contributed by atoms with E-state index in [1.807, 2.05) is 18.2 Å². The minimum Gasteiger partial charge on any atom is -0.432 e. The van der Waals surface area contributed by atoms with Gasteiger partial charge in [-0.25, -0.2) is 9.97 Å². The topological polar surface area (TPSA) is 94.0 Å². The number of rotatable bonds is 4. The lowest BCUT2D eigenvalue weighted by Gasteiger charge is -1.98. The normalized spacial score (nSPS) is 10.8. The summed E-state index contributed by atoms with van der Waals surface area (Å²) in [5.41, 5.74) is 7.32. The Hall–Kier alpha value is -2.06. The molecule has 3 aromatic rings. The summed E-state index contributed by atoms with van der Waals surface area (Å²) in [4.78, 5) is 19.9. The molecule has 2 heterocycles.